The normalized spacial score (nSPS) is 13.0. The Kier molecular flexibility index (Phi) is 5.56. The number of carbonyl (C=O) groups excluding carboxylic acids is 2. The Morgan fingerprint density at radius 1 is 0.923 bits per heavy atom. The van der Waals surface area contributed by atoms with E-state index in [1.165, 1.54) is 0 Å². The van der Waals surface area contributed by atoms with Crippen molar-refractivity contribution in [2.75, 3.05) is 18.5 Å². The first-order valence-corrected chi connectivity index (χ1v) is 8.83. The number of nitrogens with one attached hydrogen (secondary N) is 1. The fourth-order valence-corrected chi connectivity index (χ4v) is 2.75. The Bertz CT molecular complexity index is 829. The van der Waals surface area contributed by atoms with Crippen LogP contribution >= 0.6 is 0 Å². The maximum absolute atomic E-state index is 12.3. The van der Waals surface area contributed by atoms with E-state index in [4.69, 9.17) is 9.47 Å². The molecule has 1 N–H and O–H groups in total. The maximum atomic E-state index is 12.3. The molecule has 0 bridgehead atoms. The third-order valence-electron chi connectivity index (χ3n) is 4.44. The van der Waals surface area contributed by atoms with Gasteiger partial charge in [-0.25, -0.2) is 0 Å². The lowest BCUT2D eigenvalue weighted by Gasteiger charge is -2.10. The Morgan fingerprint density at radius 3 is 2.46 bits per heavy atom. The molecular formula is C21H23NO4. The zero-order chi connectivity index (χ0) is 18.5. The van der Waals surface area contributed by atoms with E-state index < -0.39 is 0 Å². The fourth-order valence-electron chi connectivity index (χ4n) is 2.75. The second-order valence-corrected chi connectivity index (χ2v) is 6.48. The van der Waals surface area contributed by atoms with Gasteiger partial charge >= 0.3 is 0 Å². The van der Waals surface area contributed by atoms with Gasteiger partial charge in [-0.2, -0.15) is 0 Å². The Morgan fingerprint density at radius 2 is 1.69 bits per heavy atom. The topological polar surface area (TPSA) is 64.6 Å². The van der Waals surface area contributed by atoms with Crippen molar-refractivity contribution in [1.82, 2.24) is 0 Å². The summed E-state index contributed by atoms with van der Waals surface area (Å²) in [7, 11) is 0. The summed E-state index contributed by atoms with van der Waals surface area (Å²) >= 11 is 0. The SMILES string of the molecule is Cc1ccc(C(=O)CCC(=O)Nc2ccc3c(c2)OCCCO3)cc1C. The van der Waals surface area contributed by atoms with Crippen LogP contribution in [0.5, 0.6) is 11.5 Å². The largest absolute Gasteiger partial charge is 0.490 e. The molecule has 1 aliphatic rings. The van der Waals surface area contributed by atoms with E-state index in [0.29, 0.717) is 36.0 Å². The molecule has 0 atom stereocenters. The first-order valence-electron chi connectivity index (χ1n) is 8.83. The molecule has 0 saturated heterocycles. The summed E-state index contributed by atoms with van der Waals surface area (Å²) in [4.78, 5) is 24.4. The molecule has 3 rings (SSSR count). The van der Waals surface area contributed by atoms with Crippen molar-refractivity contribution in [2.24, 2.45) is 0 Å². The molecule has 5 nitrogen and oxygen atoms in total. The minimum Gasteiger partial charge on any atom is -0.490 e. The lowest BCUT2D eigenvalue weighted by atomic mass is 10.0. The molecule has 1 heterocycles. The average molecular weight is 353 g/mol. The molecule has 136 valence electrons. The number of anilines is 1. The summed E-state index contributed by atoms with van der Waals surface area (Å²) in [5, 5.41) is 2.81. The molecule has 5 heteroatoms. The van der Waals surface area contributed by atoms with Crippen LogP contribution in [0.4, 0.5) is 5.69 Å². The molecule has 2 aromatic carbocycles. The van der Waals surface area contributed by atoms with Crippen LogP contribution in [-0.4, -0.2) is 24.9 Å². The number of amides is 1. The highest BCUT2D eigenvalue weighted by molar-refractivity contribution is 6.00. The van der Waals surface area contributed by atoms with Crippen LogP contribution in [-0.2, 0) is 4.79 Å². The molecular weight excluding hydrogens is 330 g/mol. The molecule has 0 fully saturated rings. The van der Waals surface area contributed by atoms with E-state index in [2.05, 4.69) is 5.32 Å². The zero-order valence-corrected chi connectivity index (χ0v) is 15.1. The summed E-state index contributed by atoms with van der Waals surface area (Å²) < 4.78 is 11.2. The number of benzene rings is 2. The van der Waals surface area contributed by atoms with Crippen molar-refractivity contribution in [1.29, 1.82) is 0 Å². The van der Waals surface area contributed by atoms with Gasteiger partial charge in [0.05, 0.1) is 13.2 Å². The minimum atomic E-state index is -0.198. The number of carbonyl (C=O) groups is 2. The van der Waals surface area contributed by atoms with E-state index in [1.54, 1.807) is 18.2 Å². The quantitative estimate of drug-likeness (QED) is 0.823. The van der Waals surface area contributed by atoms with Gasteiger partial charge in [-0.3, -0.25) is 9.59 Å². The number of ketones is 1. The number of rotatable bonds is 5. The number of aryl methyl sites for hydroxylation is 2. The van der Waals surface area contributed by atoms with Gasteiger partial charge in [0, 0.05) is 36.6 Å². The first kappa shape index (κ1) is 18.0. The number of ether oxygens (including phenoxy) is 2. The number of hydrogen-bond acceptors (Lipinski definition) is 4. The molecule has 0 radical (unpaired) electrons. The van der Waals surface area contributed by atoms with Gasteiger partial charge in [0.15, 0.2) is 17.3 Å². The van der Waals surface area contributed by atoms with Crippen molar-refractivity contribution in [3.05, 3.63) is 53.1 Å². The van der Waals surface area contributed by atoms with E-state index in [0.717, 1.165) is 17.5 Å². The fraction of sp³-hybridized carbons (Fsp3) is 0.333. The smallest absolute Gasteiger partial charge is 0.224 e. The second kappa shape index (κ2) is 8.04. The highest BCUT2D eigenvalue weighted by atomic mass is 16.5. The second-order valence-electron chi connectivity index (χ2n) is 6.48. The summed E-state index contributed by atoms with van der Waals surface area (Å²) in [6, 6.07) is 10.9. The van der Waals surface area contributed by atoms with E-state index in [9.17, 15) is 9.59 Å². The van der Waals surface area contributed by atoms with Crippen molar-refractivity contribution in [2.45, 2.75) is 33.1 Å². The van der Waals surface area contributed by atoms with E-state index in [1.807, 2.05) is 32.0 Å². The van der Waals surface area contributed by atoms with Crippen LogP contribution in [0.1, 0.15) is 40.7 Å². The molecule has 0 aromatic heterocycles. The van der Waals surface area contributed by atoms with Gasteiger partial charge in [-0.15, -0.1) is 0 Å². The lowest BCUT2D eigenvalue weighted by molar-refractivity contribution is -0.116. The molecule has 26 heavy (non-hydrogen) atoms. The molecule has 1 amide bonds. The van der Waals surface area contributed by atoms with Gasteiger partial charge in [0.25, 0.3) is 0 Å². The predicted molar refractivity (Wildman–Crippen MR) is 100 cm³/mol. The highest BCUT2D eigenvalue weighted by Crippen LogP contribution is 2.32. The van der Waals surface area contributed by atoms with Crippen LogP contribution in [0.25, 0.3) is 0 Å². The molecule has 0 saturated carbocycles. The highest BCUT2D eigenvalue weighted by Gasteiger charge is 2.13. The van der Waals surface area contributed by atoms with Crippen molar-refractivity contribution < 1.29 is 19.1 Å². The number of hydrogen-bond donors (Lipinski definition) is 1. The lowest BCUT2D eigenvalue weighted by Crippen LogP contribution is -2.13. The van der Waals surface area contributed by atoms with Gasteiger partial charge in [-0.1, -0.05) is 12.1 Å². The first-order chi connectivity index (χ1) is 12.5. The number of Topliss-reactive ketones (excluding diaryl/α,β-unsaturated/α-hetero) is 1. The van der Waals surface area contributed by atoms with Crippen LogP contribution in [0, 0.1) is 13.8 Å². The Balaban J connectivity index is 1.56. The van der Waals surface area contributed by atoms with Gasteiger partial charge < -0.3 is 14.8 Å². The molecule has 0 unspecified atom stereocenters. The maximum Gasteiger partial charge on any atom is 0.224 e. The molecule has 0 spiro atoms. The summed E-state index contributed by atoms with van der Waals surface area (Å²) in [5.74, 6) is 1.09. The van der Waals surface area contributed by atoms with Gasteiger partial charge in [0.2, 0.25) is 5.91 Å². The van der Waals surface area contributed by atoms with Crippen molar-refractivity contribution >= 4 is 17.4 Å². The molecule has 1 aliphatic heterocycles. The van der Waals surface area contributed by atoms with Crippen LogP contribution in [0.3, 0.4) is 0 Å². The van der Waals surface area contributed by atoms with E-state index >= 15 is 0 Å². The predicted octanol–water partition coefficient (Wildman–Crippen LogP) is 4.07. The minimum absolute atomic E-state index is 0.0260. The van der Waals surface area contributed by atoms with Gasteiger partial charge in [-0.05, 0) is 43.2 Å². The van der Waals surface area contributed by atoms with Crippen LogP contribution in [0.2, 0.25) is 0 Å². The summed E-state index contributed by atoms with van der Waals surface area (Å²) in [6.07, 6.45) is 1.15. The monoisotopic (exact) mass is 353 g/mol. The van der Waals surface area contributed by atoms with Crippen LogP contribution in [0.15, 0.2) is 36.4 Å². The number of fused-ring (bicyclic) bond motifs is 1. The van der Waals surface area contributed by atoms with Crippen LogP contribution < -0.4 is 14.8 Å². The third kappa shape index (κ3) is 4.42. The van der Waals surface area contributed by atoms with Crippen molar-refractivity contribution in [3.63, 3.8) is 0 Å². The van der Waals surface area contributed by atoms with Gasteiger partial charge in [0.1, 0.15) is 0 Å². The van der Waals surface area contributed by atoms with E-state index in [-0.39, 0.29) is 24.5 Å². The average Bonchev–Trinajstić information content (AvgIpc) is 2.87. The summed E-state index contributed by atoms with van der Waals surface area (Å²) in [5.41, 5.74) is 3.51. The summed E-state index contributed by atoms with van der Waals surface area (Å²) in [6.45, 7) is 5.20. The third-order valence-corrected chi connectivity index (χ3v) is 4.44. The Labute approximate surface area is 153 Å². The van der Waals surface area contributed by atoms with Crippen molar-refractivity contribution in [3.8, 4) is 11.5 Å². The standard InChI is InChI=1S/C21H23NO4/c1-14-4-5-16(12-15(14)2)18(23)7-9-21(24)22-17-6-8-19-20(13-17)26-11-3-10-25-19/h4-6,8,12-13H,3,7,9-11H2,1-2H3,(H,22,24). The molecule has 0 aliphatic carbocycles. The Hall–Kier alpha value is -2.82. The zero-order valence-electron chi connectivity index (χ0n) is 15.1. The molecule has 2 aromatic rings.